The number of amides is 1. The molecule has 3 rings (SSSR count). The van der Waals surface area contributed by atoms with Crippen molar-refractivity contribution in [3.63, 3.8) is 0 Å². The van der Waals surface area contributed by atoms with E-state index in [-0.39, 0.29) is 18.0 Å². The van der Waals surface area contributed by atoms with Crippen molar-refractivity contribution in [2.24, 2.45) is 0 Å². The van der Waals surface area contributed by atoms with Crippen LogP contribution in [0.25, 0.3) is 6.08 Å². The Balaban J connectivity index is 1.87. The van der Waals surface area contributed by atoms with Gasteiger partial charge in [-0.25, -0.2) is 4.39 Å². The fraction of sp³-hybridized carbons (Fsp3) is 0.185. The smallest absolute Gasteiger partial charge is 0.266 e. The van der Waals surface area contributed by atoms with Gasteiger partial charge in [0, 0.05) is 10.2 Å². The van der Waals surface area contributed by atoms with E-state index in [1.807, 2.05) is 39.0 Å². The molecular formula is C27H24BrFN2O3. The van der Waals surface area contributed by atoms with Crippen LogP contribution in [0.15, 0.2) is 64.6 Å². The highest BCUT2D eigenvalue weighted by molar-refractivity contribution is 9.10. The lowest BCUT2D eigenvalue weighted by molar-refractivity contribution is -0.112. The summed E-state index contributed by atoms with van der Waals surface area (Å²) in [7, 11) is 0. The maximum absolute atomic E-state index is 13.5. The lowest BCUT2D eigenvalue weighted by atomic mass is 10.1. The van der Waals surface area contributed by atoms with Gasteiger partial charge in [0.1, 0.15) is 24.1 Å². The Morgan fingerprint density at radius 3 is 2.56 bits per heavy atom. The highest BCUT2D eigenvalue weighted by atomic mass is 79.9. The summed E-state index contributed by atoms with van der Waals surface area (Å²) in [5, 5.41) is 12.4. The number of carbonyl (C=O) groups excluding carboxylic acids is 1. The zero-order valence-electron chi connectivity index (χ0n) is 19.1. The molecule has 0 aromatic heterocycles. The third-order valence-electron chi connectivity index (χ3n) is 5.16. The van der Waals surface area contributed by atoms with Gasteiger partial charge in [-0.2, -0.15) is 5.26 Å². The van der Waals surface area contributed by atoms with Crippen molar-refractivity contribution in [1.82, 2.24) is 0 Å². The van der Waals surface area contributed by atoms with Crippen LogP contribution in [0.3, 0.4) is 0 Å². The lowest BCUT2D eigenvalue weighted by Gasteiger charge is -2.14. The molecule has 0 spiro atoms. The fourth-order valence-electron chi connectivity index (χ4n) is 3.21. The molecule has 0 heterocycles. The molecule has 0 aliphatic carbocycles. The van der Waals surface area contributed by atoms with Crippen molar-refractivity contribution >= 4 is 33.6 Å². The summed E-state index contributed by atoms with van der Waals surface area (Å²) in [6, 6.07) is 17.1. The van der Waals surface area contributed by atoms with E-state index in [0.29, 0.717) is 39.4 Å². The number of halogens is 2. The van der Waals surface area contributed by atoms with Crippen molar-refractivity contribution in [1.29, 1.82) is 5.26 Å². The number of rotatable bonds is 8. The van der Waals surface area contributed by atoms with Gasteiger partial charge in [-0.3, -0.25) is 4.79 Å². The van der Waals surface area contributed by atoms with Gasteiger partial charge in [0.15, 0.2) is 11.5 Å². The number of aryl methyl sites for hydroxylation is 1. The molecule has 1 N–H and O–H groups in total. The van der Waals surface area contributed by atoms with Crippen LogP contribution >= 0.6 is 15.9 Å². The van der Waals surface area contributed by atoms with Crippen LogP contribution in [-0.2, 0) is 11.4 Å². The molecule has 0 aliphatic rings. The Morgan fingerprint density at radius 1 is 1.12 bits per heavy atom. The van der Waals surface area contributed by atoms with E-state index >= 15 is 0 Å². The third kappa shape index (κ3) is 6.24. The number of benzene rings is 3. The summed E-state index contributed by atoms with van der Waals surface area (Å²) in [5.74, 6) is 0.0533. The highest BCUT2D eigenvalue weighted by Gasteiger charge is 2.15. The second-order valence-electron chi connectivity index (χ2n) is 7.54. The summed E-state index contributed by atoms with van der Waals surface area (Å²) in [6.45, 7) is 6.25. The van der Waals surface area contributed by atoms with Crippen molar-refractivity contribution in [3.05, 3.63) is 92.7 Å². The molecular weight excluding hydrogens is 499 g/mol. The number of nitrogens with one attached hydrogen (secondary N) is 1. The Morgan fingerprint density at radius 2 is 1.85 bits per heavy atom. The molecule has 1 amide bonds. The van der Waals surface area contributed by atoms with E-state index in [1.54, 1.807) is 30.3 Å². The first-order valence-electron chi connectivity index (χ1n) is 10.6. The minimum atomic E-state index is -0.507. The van der Waals surface area contributed by atoms with Crippen molar-refractivity contribution in [3.8, 4) is 17.6 Å². The molecule has 3 aromatic rings. The first-order chi connectivity index (χ1) is 16.3. The van der Waals surface area contributed by atoms with Crippen molar-refractivity contribution < 1.29 is 18.7 Å². The number of ether oxygens (including phenoxy) is 2. The van der Waals surface area contributed by atoms with Gasteiger partial charge in [-0.15, -0.1) is 0 Å². The van der Waals surface area contributed by atoms with Crippen LogP contribution in [0.4, 0.5) is 10.1 Å². The van der Waals surface area contributed by atoms with Gasteiger partial charge in [0.2, 0.25) is 0 Å². The molecule has 0 saturated carbocycles. The van der Waals surface area contributed by atoms with Crippen molar-refractivity contribution in [2.45, 2.75) is 27.4 Å². The number of nitriles is 1. The molecule has 174 valence electrons. The normalized spacial score (nSPS) is 11.0. The van der Waals surface area contributed by atoms with E-state index in [0.717, 1.165) is 11.1 Å². The average Bonchev–Trinajstić information content (AvgIpc) is 2.81. The monoisotopic (exact) mass is 522 g/mol. The fourth-order valence-corrected chi connectivity index (χ4v) is 3.65. The molecule has 34 heavy (non-hydrogen) atoms. The lowest BCUT2D eigenvalue weighted by Crippen LogP contribution is -2.14. The van der Waals surface area contributed by atoms with Crippen LogP contribution in [0.1, 0.15) is 29.2 Å². The standard InChI is InChI=1S/C27H24BrFN2O3/c1-4-33-25-13-20(23(28)14-26(25)34-16-19-8-6-9-22(29)11-19)12-21(15-30)27(32)31-24-10-5-7-17(2)18(24)3/h5-14H,4,16H2,1-3H3,(H,31,32)/b21-12+. The zero-order chi connectivity index (χ0) is 24.7. The van der Waals surface area contributed by atoms with Crippen LogP contribution in [0.5, 0.6) is 11.5 Å². The quantitative estimate of drug-likeness (QED) is 0.263. The molecule has 0 bridgehead atoms. The van der Waals surface area contributed by atoms with Gasteiger partial charge < -0.3 is 14.8 Å². The molecule has 5 nitrogen and oxygen atoms in total. The minimum Gasteiger partial charge on any atom is -0.490 e. The summed E-state index contributed by atoms with van der Waals surface area (Å²) >= 11 is 3.48. The Bertz CT molecular complexity index is 1280. The maximum atomic E-state index is 13.5. The molecule has 0 unspecified atom stereocenters. The second-order valence-corrected chi connectivity index (χ2v) is 8.40. The van der Waals surface area contributed by atoms with Crippen LogP contribution in [0.2, 0.25) is 0 Å². The van der Waals surface area contributed by atoms with Crippen LogP contribution in [0, 0.1) is 31.0 Å². The topological polar surface area (TPSA) is 71.3 Å². The average molecular weight is 523 g/mol. The molecule has 3 aromatic carbocycles. The number of carbonyl (C=O) groups is 1. The Kier molecular flexibility index (Phi) is 8.44. The first-order valence-corrected chi connectivity index (χ1v) is 11.4. The van der Waals surface area contributed by atoms with E-state index in [2.05, 4.69) is 21.2 Å². The second kappa shape index (κ2) is 11.5. The van der Waals surface area contributed by atoms with E-state index in [4.69, 9.17) is 9.47 Å². The molecule has 7 heteroatoms. The molecule has 0 fully saturated rings. The predicted molar refractivity (Wildman–Crippen MR) is 134 cm³/mol. The number of hydrogen-bond donors (Lipinski definition) is 1. The van der Waals surface area contributed by atoms with E-state index < -0.39 is 5.91 Å². The van der Waals surface area contributed by atoms with E-state index in [1.165, 1.54) is 18.2 Å². The Labute approximate surface area is 207 Å². The highest BCUT2D eigenvalue weighted by Crippen LogP contribution is 2.35. The maximum Gasteiger partial charge on any atom is 0.266 e. The molecule has 0 aliphatic heterocycles. The zero-order valence-corrected chi connectivity index (χ0v) is 20.7. The SMILES string of the molecule is CCOc1cc(/C=C(\C#N)C(=O)Nc2cccc(C)c2C)c(Br)cc1OCc1cccc(F)c1. The predicted octanol–water partition coefficient (Wildman–Crippen LogP) is 6.73. The molecule has 0 atom stereocenters. The Hall–Kier alpha value is -3.63. The third-order valence-corrected chi connectivity index (χ3v) is 5.85. The summed E-state index contributed by atoms with van der Waals surface area (Å²) < 4.78 is 25.6. The number of nitrogens with zero attached hydrogens (tertiary/aromatic N) is 1. The molecule has 0 radical (unpaired) electrons. The van der Waals surface area contributed by atoms with Crippen LogP contribution < -0.4 is 14.8 Å². The van der Waals surface area contributed by atoms with Gasteiger partial charge in [-0.1, -0.05) is 40.2 Å². The summed E-state index contributed by atoms with van der Waals surface area (Å²) in [6.07, 6.45) is 1.49. The first kappa shape index (κ1) is 25.0. The summed E-state index contributed by atoms with van der Waals surface area (Å²) in [4.78, 5) is 12.8. The largest absolute Gasteiger partial charge is 0.490 e. The van der Waals surface area contributed by atoms with E-state index in [9.17, 15) is 14.4 Å². The van der Waals surface area contributed by atoms with Crippen LogP contribution in [-0.4, -0.2) is 12.5 Å². The van der Waals surface area contributed by atoms with Crippen molar-refractivity contribution in [2.75, 3.05) is 11.9 Å². The van der Waals surface area contributed by atoms with Gasteiger partial charge in [0.25, 0.3) is 5.91 Å². The van der Waals surface area contributed by atoms with Gasteiger partial charge in [-0.05, 0) is 79.4 Å². The summed E-state index contributed by atoms with van der Waals surface area (Å²) in [5.41, 5.74) is 3.83. The van der Waals surface area contributed by atoms with Gasteiger partial charge >= 0.3 is 0 Å². The number of hydrogen-bond acceptors (Lipinski definition) is 4. The molecule has 0 saturated heterocycles. The number of anilines is 1. The minimum absolute atomic E-state index is 0.0579. The van der Waals surface area contributed by atoms with Gasteiger partial charge in [0.05, 0.1) is 6.61 Å².